The molecule has 0 heterocycles. The standard InChI is InChI=1S/C15H23FO/c1-4-5-6-7-9-12(2)15-13(16)10-8-11-14(15)17-3/h8,10-12H,4-7,9H2,1-3H3. The van der Waals surface area contributed by atoms with Gasteiger partial charge in [0.2, 0.25) is 0 Å². The first-order valence-electron chi connectivity index (χ1n) is 6.53. The Morgan fingerprint density at radius 2 is 2.00 bits per heavy atom. The molecule has 0 bridgehead atoms. The quantitative estimate of drug-likeness (QED) is 0.613. The third kappa shape index (κ3) is 4.03. The molecule has 0 amide bonds. The summed E-state index contributed by atoms with van der Waals surface area (Å²) >= 11 is 0. The van der Waals surface area contributed by atoms with Gasteiger partial charge in [-0.2, -0.15) is 0 Å². The zero-order valence-corrected chi connectivity index (χ0v) is 11.1. The molecule has 1 atom stereocenters. The first-order chi connectivity index (χ1) is 8.20. The van der Waals surface area contributed by atoms with Crippen LogP contribution >= 0.6 is 0 Å². The van der Waals surface area contributed by atoms with Crippen LogP contribution in [-0.2, 0) is 0 Å². The van der Waals surface area contributed by atoms with Crippen LogP contribution in [0.4, 0.5) is 4.39 Å². The van der Waals surface area contributed by atoms with Crippen LogP contribution < -0.4 is 4.74 Å². The maximum absolute atomic E-state index is 13.8. The smallest absolute Gasteiger partial charge is 0.130 e. The van der Waals surface area contributed by atoms with Crippen molar-refractivity contribution in [1.29, 1.82) is 0 Å². The Balaban J connectivity index is 2.64. The zero-order chi connectivity index (χ0) is 12.7. The maximum Gasteiger partial charge on any atom is 0.130 e. The van der Waals surface area contributed by atoms with E-state index in [1.165, 1.54) is 25.3 Å². The van der Waals surface area contributed by atoms with Gasteiger partial charge in [0.25, 0.3) is 0 Å². The number of hydrogen-bond acceptors (Lipinski definition) is 1. The third-order valence-electron chi connectivity index (χ3n) is 3.22. The summed E-state index contributed by atoms with van der Waals surface area (Å²) in [5.74, 6) is 0.753. The molecular formula is C15H23FO. The molecule has 0 aliphatic heterocycles. The molecule has 17 heavy (non-hydrogen) atoms. The predicted molar refractivity (Wildman–Crippen MR) is 70.1 cm³/mol. The number of unbranched alkanes of at least 4 members (excludes halogenated alkanes) is 3. The predicted octanol–water partition coefficient (Wildman–Crippen LogP) is 4.91. The third-order valence-corrected chi connectivity index (χ3v) is 3.22. The van der Waals surface area contributed by atoms with E-state index >= 15 is 0 Å². The number of benzene rings is 1. The van der Waals surface area contributed by atoms with Crippen LogP contribution in [0.15, 0.2) is 18.2 Å². The fraction of sp³-hybridized carbons (Fsp3) is 0.600. The average Bonchev–Trinajstić information content (AvgIpc) is 2.34. The van der Waals surface area contributed by atoms with E-state index in [0.717, 1.165) is 18.4 Å². The molecule has 1 aromatic carbocycles. The second-order valence-corrected chi connectivity index (χ2v) is 4.61. The molecule has 1 aromatic rings. The SMILES string of the molecule is CCCCCCC(C)c1c(F)cccc1OC. The van der Waals surface area contributed by atoms with Crippen molar-refractivity contribution in [1.82, 2.24) is 0 Å². The molecule has 0 spiro atoms. The highest BCUT2D eigenvalue weighted by Gasteiger charge is 2.15. The van der Waals surface area contributed by atoms with E-state index in [4.69, 9.17) is 4.74 Å². The summed E-state index contributed by atoms with van der Waals surface area (Å²) < 4.78 is 19.0. The monoisotopic (exact) mass is 238 g/mol. The highest BCUT2D eigenvalue weighted by atomic mass is 19.1. The summed E-state index contributed by atoms with van der Waals surface area (Å²) in [7, 11) is 1.60. The normalized spacial score (nSPS) is 12.5. The van der Waals surface area contributed by atoms with Gasteiger partial charge in [-0.25, -0.2) is 4.39 Å². The van der Waals surface area contributed by atoms with E-state index in [1.54, 1.807) is 13.2 Å². The van der Waals surface area contributed by atoms with Crippen molar-refractivity contribution in [2.24, 2.45) is 0 Å². The van der Waals surface area contributed by atoms with Crippen LogP contribution in [0.1, 0.15) is 57.4 Å². The van der Waals surface area contributed by atoms with Gasteiger partial charge in [-0.15, -0.1) is 0 Å². The zero-order valence-electron chi connectivity index (χ0n) is 11.1. The lowest BCUT2D eigenvalue weighted by molar-refractivity contribution is 0.397. The van der Waals surface area contributed by atoms with E-state index < -0.39 is 0 Å². The summed E-state index contributed by atoms with van der Waals surface area (Å²) in [5.41, 5.74) is 0.728. The molecule has 0 fully saturated rings. The molecule has 0 aliphatic carbocycles. The van der Waals surface area contributed by atoms with E-state index in [2.05, 4.69) is 13.8 Å². The molecule has 1 nitrogen and oxygen atoms in total. The molecule has 0 aliphatic rings. The highest BCUT2D eigenvalue weighted by Crippen LogP contribution is 2.32. The Labute approximate surface area is 104 Å². The van der Waals surface area contributed by atoms with Crippen LogP contribution in [-0.4, -0.2) is 7.11 Å². The van der Waals surface area contributed by atoms with Crippen LogP contribution in [0.25, 0.3) is 0 Å². The van der Waals surface area contributed by atoms with E-state index in [1.807, 2.05) is 6.07 Å². The lowest BCUT2D eigenvalue weighted by atomic mass is 9.93. The van der Waals surface area contributed by atoms with E-state index in [-0.39, 0.29) is 11.7 Å². The van der Waals surface area contributed by atoms with Gasteiger partial charge >= 0.3 is 0 Å². The molecule has 0 saturated carbocycles. The van der Waals surface area contributed by atoms with Crippen molar-refractivity contribution >= 4 is 0 Å². The average molecular weight is 238 g/mol. The Morgan fingerprint density at radius 1 is 1.24 bits per heavy atom. The van der Waals surface area contributed by atoms with Gasteiger partial charge in [0.05, 0.1) is 7.11 Å². The molecular weight excluding hydrogens is 215 g/mol. The summed E-state index contributed by atoms with van der Waals surface area (Å²) in [6, 6.07) is 5.04. The second-order valence-electron chi connectivity index (χ2n) is 4.61. The van der Waals surface area contributed by atoms with Gasteiger partial charge in [-0.05, 0) is 24.5 Å². The lowest BCUT2D eigenvalue weighted by Gasteiger charge is -2.16. The van der Waals surface area contributed by atoms with Gasteiger partial charge in [-0.1, -0.05) is 45.6 Å². The first kappa shape index (κ1) is 14.0. The minimum absolute atomic E-state index is 0.146. The molecule has 0 radical (unpaired) electrons. The van der Waals surface area contributed by atoms with Crippen molar-refractivity contribution in [3.05, 3.63) is 29.6 Å². The van der Waals surface area contributed by atoms with Crippen LogP contribution in [0.5, 0.6) is 5.75 Å². The van der Waals surface area contributed by atoms with Crippen LogP contribution in [0, 0.1) is 5.82 Å². The molecule has 0 saturated heterocycles. The minimum atomic E-state index is -0.146. The molecule has 0 aromatic heterocycles. The fourth-order valence-electron chi connectivity index (χ4n) is 2.20. The van der Waals surface area contributed by atoms with Crippen molar-refractivity contribution in [2.45, 2.75) is 51.9 Å². The number of methoxy groups -OCH3 is 1. The first-order valence-corrected chi connectivity index (χ1v) is 6.53. The van der Waals surface area contributed by atoms with Crippen molar-refractivity contribution in [3.63, 3.8) is 0 Å². The molecule has 1 rings (SSSR count). The lowest BCUT2D eigenvalue weighted by Crippen LogP contribution is -2.01. The van der Waals surface area contributed by atoms with Crippen molar-refractivity contribution < 1.29 is 9.13 Å². The minimum Gasteiger partial charge on any atom is -0.496 e. The Morgan fingerprint density at radius 3 is 2.65 bits per heavy atom. The molecule has 0 N–H and O–H groups in total. The fourth-order valence-corrected chi connectivity index (χ4v) is 2.20. The molecule has 1 unspecified atom stereocenters. The van der Waals surface area contributed by atoms with Gasteiger partial charge < -0.3 is 4.74 Å². The van der Waals surface area contributed by atoms with E-state index in [9.17, 15) is 4.39 Å². The number of halogens is 1. The van der Waals surface area contributed by atoms with Gasteiger partial charge in [0.15, 0.2) is 0 Å². The second kappa shape index (κ2) is 7.31. The maximum atomic E-state index is 13.8. The van der Waals surface area contributed by atoms with Crippen LogP contribution in [0.2, 0.25) is 0 Å². The van der Waals surface area contributed by atoms with Crippen molar-refractivity contribution in [2.75, 3.05) is 7.11 Å². The van der Waals surface area contributed by atoms with Crippen molar-refractivity contribution in [3.8, 4) is 5.75 Å². The summed E-state index contributed by atoms with van der Waals surface area (Å²) in [6.07, 6.45) is 5.92. The van der Waals surface area contributed by atoms with Gasteiger partial charge in [0.1, 0.15) is 11.6 Å². The number of rotatable bonds is 7. The van der Waals surface area contributed by atoms with E-state index in [0.29, 0.717) is 5.75 Å². The summed E-state index contributed by atoms with van der Waals surface area (Å²) in [4.78, 5) is 0. The Hall–Kier alpha value is -1.05. The number of ether oxygens (including phenoxy) is 1. The van der Waals surface area contributed by atoms with Crippen LogP contribution in [0.3, 0.4) is 0 Å². The van der Waals surface area contributed by atoms with Gasteiger partial charge in [0, 0.05) is 5.56 Å². The summed E-state index contributed by atoms with van der Waals surface area (Å²) in [5, 5.41) is 0. The molecule has 96 valence electrons. The molecule has 2 heteroatoms. The Kier molecular flexibility index (Phi) is 6.03. The van der Waals surface area contributed by atoms with Gasteiger partial charge in [-0.3, -0.25) is 0 Å². The highest BCUT2D eigenvalue weighted by molar-refractivity contribution is 5.37. The largest absolute Gasteiger partial charge is 0.496 e. The topological polar surface area (TPSA) is 9.23 Å². The summed E-state index contributed by atoms with van der Waals surface area (Å²) in [6.45, 7) is 4.27. The Bertz CT molecular complexity index is 336. The number of hydrogen-bond donors (Lipinski definition) is 0.